The van der Waals surface area contributed by atoms with Crippen LogP contribution in [0.4, 0.5) is 0 Å². The molecule has 1 saturated heterocycles. The van der Waals surface area contributed by atoms with Crippen molar-refractivity contribution in [3.05, 3.63) is 0 Å². The SMILES string of the molecule is CCC(C)C1(C)OCCO1. The molecule has 0 saturated carbocycles. The van der Waals surface area contributed by atoms with Crippen LogP contribution in [0.25, 0.3) is 0 Å². The molecule has 0 spiro atoms. The van der Waals surface area contributed by atoms with Gasteiger partial charge in [-0.15, -0.1) is 0 Å². The molecule has 1 unspecified atom stereocenters. The van der Waals surface area contributed by atoms with Crippen LogP contribution in [0.2, 0.25) is 0 Å². The lowest BCUT2D eigenvalue weighted by Gasteiger charge is -2.28. The Bertz CT molecular complexity index is 106. The minimum Gasteiger partial charge on any atom is -0.348 e. The van der Waals surface area contributed by atoms with Crippen molar-refractivity contribution >= 4 is 0 Å². The molecule has 60 valence electrons. The van der Waals surface area contributed by atoms with E-state index in [2.05, 4.69) is 13.8 Å². The van der Waals surface area contributed by atoms with Crippen molar-refractivity contribution in [1.29, 1.82) is 0 Å². The van der Waals surface area contributed by atoms with Crippen LogP contribution in [-0.4, -0.2) is 19.0 Å². The van der Waals surface area contributed by atoms with Crippen molar-refractivity contribution in [2.45, 2.75) is 33.0 Å². The second kappa shape index (κ2) is 2.89. The Kier molecular flexibility index (Phi) is 2.32. The Labute approximate surface area is 62.5 Å². The van der Waals surface area contributed by atoms with Gasteiger partial charge in [0.25, 0.3) is 0 Å². The molecule has 0 N–H and O–H groups in total. The van der Waals surface area contributed by atoms with Crippen molar-refractivity contribution in [2.75, 3.05) is 13.2 Å². The average molecular weight is 144 g/mol. The molecule has 0 aliphatic carbocycles. The molecule has 0 bridgehead atoms. The average Bonchev–Trinajstić information content (AvgIpc) is 2.36. The van der Waals surface area contributed by atoms with E-state index in [1.54, 1.807) is 0 Å². The second-order valence-corrected chi connectivity index (χ2v) is 3.02. The molecule has 0 aromatic carbocycles. The van der Waals surface area contributed by atoms with E-state index in [1.807, 2.05) is 6.92 Å². The second-order valence-electron chi connectivity index (χ2n) is 3.02. The molecule has 1 heterocycles. The van der Waals surface area contributed by atoms with Crippen molar-refractivity contribution in [1.82, 2.24) is 0 Å². The number of hydrogen-bond acceptors (Lipinski definition) is 2. The first-order chi connectivity index (χ1) is 4.69. The highest BCUT2D eigenvalue weighted by Gasteiger charge is 2.35. The number of hydrogen-bond donors (Lipinski definition) is 0. The number of rotatable bonds is 2. The molecule has 10 heavy (non-hydrogen) atoms. The van der Waals surface area contributed by atoms with Gasteiger partial charge in [0.15, 0.2) is 5.79 Å². The van der Waals surface area contributed by atoms with Gasteiger partial charge in [-0.25, -0.2) is 0 Å². The highest BCUT2D eigenvalue weighted by atomic mass is 16.7. The molecule has 0 radical (unpaired) electrons. The largest absolute Gasteiger partial charge is 0.348 e. The van der Waals surface area contributed by atoms with E-state index in [-0.39, 0.29) is 5.79 Å². The van der Waals surface area contributed by atoms with Crippen LogP contribution in [0.15, 0.2) is 0 Å². The molecule has 1 atom stereocenters. The molecule has 1 aliphatic rings. The molecule has 1 rings (SSSR count). The molecule has 1 aliphatic heterocycles. The highest BCUT2D eigenvalue weighted by molar-refractivity contribution is 4.73. The molecular formula is C8H16O2. The lowest BCUT2D eigenvalue weighted by Crippen LogP contribution is -2.33. The van der Waals surface area contributed by atoms with Crippen molar-refractivity contribution in [3.63, 3.8) is 0 Å². The summed E-state index contributed by atoms with van der Waals surface area (Å²) in [7, 11) is 0. The fourth-order valence-corrected chi connectivity index (χ4v) is 1.19. The molecule has 0 aromatic rings. The zero-order valence-electron chi connectivity index (χ0n) is 7.02. The van der Waals surface area contributed by atoms with Gasteiger partial charge in [0, 0.05) is 5.92 Å². The quantitative estimate of drug-likeness (QED) is 0.588. The first-order valence-corrected chi connectivity index (χ1v) is 3.97. The summed E-state index contributed by atoms with van der Waals surface area (Å²) in [5.41, 5.74) is 0. The molecule has 2 heteroatoms. The van der Waals surface area contributed by atoms with Crippen LogP contribution in [0.1, 0.15) is 27.2 Å². The van der Waals surface area contributed by atoms with Gasteiger partial charge in [-0.1, -0.05) is 13.8 Å². The first kappa shape index (κ1) is 8.02. The summed E-state index contributed by atoms with van der Waals surface area (Å²) < 4.78 is 10.9. The topological polar surface area (TPSA) is 18.5 Å². The van der Waals surface area contributed by atoms with Gasteiger partial charge in [0.05, 0.1) is 13.2 Å². The van der Waals surface area contributed by atoms with Gasteiger partial charge in [-0.2, -0.15) is 0 Å². The first-order valence-electron chi connectivity index (χ1n) is 3.97. The monoisotopic (exact) mass is 144 g/mol. The van der Waals surface area contributed by atoms with Gasteiger partial charge in [0.2, 0.25) is 0 Å². The van der Waals surface area contributed by atoms with E-state index in [9.17, 15) is 0 Å². The third-order valence-electron chi connectivity index (χ3n) is 2.37. The highest BCUT2D eigenvalue weighted by Crippen LogP contribution is 2.29. The van der Waals surface area contributed by atoms with E-state index in [1.165, 1.54) is 0 Å². The van der Waals surface area contributed by atoms with Gasteiger partial charge in [0.1, 0.15) is 0 Å². The third kappa shape index (κ3) is 1.32. The zero-order valence-corrected chi connectivity index (χ0v) is 7.02. The zero-order chi connectivity index (χ0) is 7.61. The minimum absolute atomic E-state index is 0.297. The molecule has 0 aromatic heterocycles. The lowest BCUT2D eigenvalue weighted by atomic mass is 10.00. The van der Waals surface area contributed by atoms with Gasteiger partial charge in [-0.05, 0) is 13.3 Å². The maximum Gasteiger partial charge on any atom is 0.168 e. The van der Waals surface area contributed by atoms with Crippen molar-refractivity contribution < 1.29 is 9.47 Å². The lowest BCUT2D eigenvalue weighted by molar-refractivity contribution is -0.177. The smallest absolute Gasteiger partial charge is 0.168 e. The Morgan fingerprint density at radius 3 is 2.30 bits per heavy atom. The van der Waals surface area contributed by atoms with Crippen LogP contribution in [0.5, 0.6) is 0 Å². The summed E-state index contributed by atoms with van der Waals surface area (Å²) in [6.07, 6.45) is 1.11. The van der Waals surface area contributed by atoms with Gasteiger partial charge in [-0.3, -0.25) is 0 Å². The van der Waals surface area contributed by atoms with Crippen LogP contribution >= 0.6 is 0 Å². The summed E-state index contributed by atoms with van der Waals surface area (Å²) in [5.74, 6) is 0.198. The number of ether oxygens (including phenoxy) is 2. The van der Waals surface area contributed by atoms with Crippen LogP contribution in [-0.2, 0) is 9.47 Å². The van der Waals surface area contributed by atoms with E-state index >= 15 is 0 Å². The van der Waals surface area contributed by atoms with E-state index in [0.29, 0.717) is 5.92 Å². The van der Waals surface area contributed by atoms with Crippen LogP contribution < -0.4 is 0 Å². The Morgan fingerprint density at radius 1 is 1.40 bits per heavy atom. The summed E-state index contributed by atoms with van der Waals surface area (Å²) in [6, 6.07) is 0. The fraction of sp³-hybridized carbons (Fsp3) is 1.00. The van der Waals surface area contributed by atoms with Crippen LogP contribution in [0.3, 0.4) is 0 Å². The van der Waals surface area contributed by atoms with E-state index < -0.39 is 0 Å². The maximum atomic E-state index is 5.47. The van der Waals surface area contributed by atoms with Crippen molar-refractivity contribution in [3.8, 4) is 0 Å². The van der Waals surface area contributed by atoms with Gasteiger partial charge >= 0.3 is 0 Å². The van der Waals surface area contributed by atoms with E-state index in [4.69, 9.17) is 9.47 Å². The Hall–Kier alpha value is -0.0800. The minimum atomic E-state index is -0.297. The summed E-state index contributed by atoms with van der Waals surface area (Å²) in [4.78, 5) is 0. The predicted octanol–water partition coefficient (Wildman–Crippen LogP) is 1.80. The Morgan fingerprint density at radius 2 is 1.90 bits per heavy atom. The summed E-state index contributed by atoms with van der Waals surface area (Å²) >= 11 is 0. The maximum absolute atomic E-state index is 5.47. The summed E-state index contributed by atoms with van der Waals surface area (Å²) in [6.45, 7) is 7.84. The normalized spacial score (nSPS) is 26.7. The molecule has 1 fully saturated rings. The molecule has 0 amide bonds. The standard InChI is InChI=1S/C8H16O2/c1-4-7(2)8(3)9-5-6-10-8/h7H,4-6H2,1-3H3. The molecular weight excluding hydrogens is 128 g/mol. The summed E-state index contributed by atoms with van der Waals surface area (Å²) in [5, 5.41) is 0. The van der Waals surface area contributed by atoms with Gasteiger partial charge < -0.3 is 9.47 Å². The van der Waals surface area contributed by atoms with Crippen molar-refractivity contribution in [2.24, 2.45) is 5.92 Å². The van der Waals surface area contributed by atoms with Crippen LogP contribution in [0, 0.1) is 5.92 Å². The molecule has 2 nitrogen and oxygen atoms in total. The van der Waals surface area contributed by atoms with E-state index in [0.717, 1.165) is 19.6 Å². The Balaban J connectivity index is 2.49. The fourth-order valence-electron chi connectivity index (χ4n) is 1.19. The predicted molar refractivity (Wildman–Crippen MR) is 39.8 cm³/mol. The third-order valence-corrected chi connectivity index (χ3v) is 2.37.